The molecule has 1 atom stereocenters. The highest BCUT2D eigenvalue weighted by Gasteiger charge is 2.45. The quantitative estimate of drug-likeness (QED) is 0.740. The molecule has 1 N–H and O–H groups in total. The van der Waals surface area contributed by atoms with Gasteiger partial charge in [0, 0.05) is 24.7 Å². The second-order valence-corrected chi connectivity index (χ2v) is 7.62. The molecule has 0 bridgehead atoms. The van der Waals surface area contributed by atoms with E-state index in [1.165, 1.54) is 90.3 Å². The van der Waals surface area contributed by atoms with E-state index in [-0.39, 0.29) is 0 Å². The Kier molecular flexibility index (Phi) is 5.04. The number of piperazine rings is 1. The number of nitrogens with zero attached hydrogens (tertiary/aromatic N) is 1. The maximum atomic E-state index is 3.93. The highest BCUT2D eigenvalue weighted by molar-refractivity contribution is 5.03. The number of hydrogen-bond acceptors (Lipinski definition) is 2. The van der Waals surface area contributed by atoms with Gasteiger partial charge in [-0.25, -0.2) is 0 Å². The summed E-state index contributed by atoms with van der Waals surface area (Å²) >= 11 is 0. The second kappa shape index (κ2) is 6.79. The average Bonchev–Trinajstić information content (AvgIpc) is 3.31. The van der Waals surface area contributed by atoms with Gasteiger partial charge in [-0.05, 0) is 44.6 Å². The minimum Gasteiger partial charge on any atom is -0.311 e. The van der Waals surface area contributed by atoms with Crippen molar-refractivity contribution in [3.8, 4) is 0 Å². The van der Waals surface area contributed by atoms with E-state index in [2.05, 4.69) is 17.1 Å². The molecule has 1 aliphatic heterocycles. The van der Waals surface area contributed by atoms with E-state index in [0.717, 1.165) is 12.0 Å². The zero-order chi connectivity index (χ0) is 13.8. The maximum absolute atomic E-state index is 3.93. The van der Waals surface area contributed by atoms with Crippen molar-refractivity contribution in [3.63, 3.8) is 0 Å². The van der Waals surface area contributed by atoms with Gasteiger partial charge in [-0.1, -0.05) is 45.4 Å². The summed E-state index contributed by atoms with van der Waals surface area (Å²) < 4.78 is 0. The van der Waals surface area contributed by atoms with E-state index in [0.29, 0.717) is 5.54 Å². The molecule has 1 spiro atoms. The summed E-state index contributed by atoms with van der Waals surface area (Å²) in [6.07, 6.45) is 15.9. The highest BCUT2D eigenvalue weighted by atomic mass is 15.3. The minimum absolute atomic E-state index is 0.538. The molecule has 1 saturated heterocycles. The zero-order valence-electron chi connectivity index (χ0n) is 13.5. The Balaban J connectivity index is 1.58. The fourth-order valence-corrected chi connectivity index (χ4v) is 4.50. The van der Waals surface area contributed by atoms with Crippen LogP contribution in [0.25, 0.3) is 0 Å². The molecular formula is C18H34N2. The molecule has 0 radical (unpaired) electrons. The highest BCUT2D eigenvalue weighted by Crippen LogP contribution is 2.40. The van der Waals surface area contributed by atoms with Crippen LogP contribution in [0.3, 0.4) is 0 Å². The molecule has 3 rings (SSSR count). The molecule has 3 fully saturated rings. The predicted octanol–water partition coefficient (Wildman–Crippen LogP) is 3.95. The van der Waals surface area contributed by atoms with Crippen molar-refractivity contribution in [2.75, 3.05) is 19.6 Å². The van der Waals surface area contributed by atoms with Crippen LogP contribution in [0.5, 0.6) is 0 Å². The van der Waals surface area contributed by atoms with E-state index in [4.69, 9.17) is 0 Å². The summed E-state index contributed by atoms with van der Waals surface area (Å²) in [6, 6.07) is 0.814. The predicted molar refractivity (Wildman–Crippen MR) is 86.0 cm³/mol. The molecule has 0 aromatic carbocycles. The number of rotatable bonds is 6. The molecule has 20 heavy (non-hydrogen) atoms. The van der Waals surface area contributed by atoms with Crippen LogP contribution in [0.4, 0.5) is 0 Å². The van der Waals surface area contributed by atoms with Gasteiger partial charge in [-0.3, -0.25) is 4.90 Å². The van der Waals surface area contributed by atoms with Crippen molar-refractivity contribution in [1.29, 1.82) is 0 Å². The van der Waals surface area contributed by atoms with Gasteiger partial charge in [0.05, 0.1) is 0 Å². The van der Waals surface area contributed by atoms with Crippen molar-refractivity contribution >= 4 is 0 Å². The molecule has 2 nitrogen and oxygen atoms in total. The molecule has 2 saturated carbocycles. The minimum atomic E-state index is 0.538. The maximum Gasteiger partial charge on any atom is 0.0334 e. The van der Waals surface area contributed by atoms with Gasteiger partial charge in [0.1, 0.15) is 0 Å². The summed E-state index contributed by atoms with van der Waals surface area (Å²) in [4.78, 5) is 2.93. The van der Waals surface area contributed by atoms with Crippen LogP contribution >= 0.6 is 0 Å². The Labute approximate surface area is 125 Å². The largest absolute Gasteiger partial charge is 0.311 e. The Morgan fingerprint density at radius 3 is 2.55 bits per heavy atom. The fraction of sp³-hybridized carbons (Fsp3) is 1.00. The Morgan fingerprint density at radius 1 is 1.05 bits per heavy atom. The first-order valence-corrected chi connectivity index (χ1v) is 9.32. The Bertz CT molecular complexity index is 292. The number of nitrogens with one attached hydrogen (secondary N) is 1. The Morgan fingerprint density at radius 2 is 1.85 bits per heavy atom. The number of hydrogen-bond donors (Lipinski definition) is 1. The Hall–Kier alpha value is -0.0800. The van der Waals surface area contributed by atoms with Crippen LogP contribution in [0.15, 0.2) is 0 Å². The van der Waals surface area contributed by atoms with E-state index in [9.17, 15) is 0 Å². The molecule has 116 valence electrons. The summed E-state index contributed by atoms with van der Waals surface area (Å²) in [6.45, 7) is 6.31. The van der Waals surface area contributed by atoms with E-state index < -0.39 is 0 Å². The lowest BCUT2D eigenvalue weighted by atomic mass is 9.78. The van der Waals surface area contributed by atoms with Crippen molar-refractivity contribution in [3.05, 3.63) is 0 Å². The monoisotopic (exact) mass is 278 g/mol. The van der Waals surface area contributed by atoms with Crippen molar-refractivity contribution in [1.82, 2.24) is 10.2 Å². The van der Waals surface area contributed by atoms with E-state index in [1.807, 2.05) is 0 Å². The fourth-order valence-electron chi connectivity index (χ4n) is 4.50. The van der Waals surface area contributed by atoms with Gasteiger partial charge >= 0.3 is 0 Å². The third-order valence-corrected chi connectivity index (χ3v) is 6.04. The summed E-state index contributed by atoms with van der Waals surface area (Å²) in [5, 5.41) is 3.93. The van der Waals surface area contributed by atoms with Crippen LogP contribution < -0.4 is 5.32 Å². The zero-order valence-corrected chi connectivity index (χ0v) is 13.5. The van der Waals surface area contributed by atoms with Crippen LogP contribution in [0, 0.1) is 5.92 Å². The normalized spacial score (nSPS) is 30.8. The lowest BCUT2D eigenvalue weighted by molar-refractivity contribution is 0.00507. The molecule has 0 amide bonds. The van der Waals surface area contributed by atoms with E-state index in [1.54, 1.807) is 0 Å². The molecule has 1 heterocycles. The van der Waals surface area contributed by atoms with Gasteiger partial charge in [-0.2, -0.15) is 0 Å². The molecule has 0 aromatic heterocycles. The SMILES string of the molecule is CCCCCCN1CC(C2CC2)NCC12CCCCC2. The van der Waals surface area contributed by atoms with Crippen LogP contribution in [-0.4, -0.2) is 36.1 Å². The first-order chi connectivity index (χ1) is 9.84. The average molecular weight is 278 g/mol. The molecule has 0 aromatic rings. The van der Waals surface area contributed by atoms with Crippen molar-refractivity contribution in [2.24, 2.45) is 5.92 Å². The summed E-state index contributed by atoms with van der Waals surface area (Å²) in [7, 11) is 0. The lowest BCUT2D eigenvalue weighted by Gasteiger charge is -2.52. The third kappa shape index (κ3) is 3.39. The molecule has 1 unspecified atom stereocenters. The smallest absolute Gasteiger partial charge is 0.0334 e. The van der Waals surface area contributed by atoms with Crippen molar-refractivity contribution in [2.45, 2.75) is 89.1 Å². The van der Waals surface area contributed by atoms with Crippen LogP contribution in [-0.2, 0) is 0 Å². The summed E-state index contributed by atoms with van der Waals surface area (Å²) in [5.74, 6) is 1.01. The molecule has 3 aliphatic rings. The molecular weight excluding hydrogens is 244 g/mol. The third-order valence-electron chi connectivity index (χ3n) is 6.04. The number of unbranched alkanes of at least 4 members (excludes halogenated alkanes) is 3. The van der Waals surface area contributed by atoms with Gasteiger partial charge in [0.15, 0.2) is 0 Å². The molecule has 2 heteroatoms. The van der Waals surface area contributed by atoms with Gasteiger partial charge in [0.25, 0.3) is 0 Å². The van der Waals surface area contributed by atoms with Gasteiger partial charge in [-0.15, -0.1) is 0 Å². The first-order valence-electron chi connectivity index (χ1n) is 9.32. The lowest BCUT2D eigenvalue weighted by Crippen LogP contribution is -2.65. The topological polar surface area (TPSA) is 15.3 Å². The first kappa shape index (κ1) is 14.8. The van der Waals surface area contributed by atoms with Gasteiger partial charge in [0.2, 0.25) is 0 Å². The second-order valence-electron chi connectivity index (χ2n) is 7.62. The van der Waals surface area contributed by atoms with Crippen LogP contribution in [0.1, 0.15) is 77.6 Å². The molecule has 2 aliphatic carbocycles. The van der Waals surface area contributed by atoms with Crippen LogP contribution in [0.2, 0.25) is 0 Å². The van der Waals surface area contributed by atoms with Gasteiger partial charge < -0.3 is 5.32 Å². The summed E-state index contributed by atoms with van der Waals surface area (Å²) in [5.41, 5.74) is 0.538. The standard InChI is InChI=1S/C18H34N2/c1-2-3-4-8-13-20-14-17(16-9-10-16)19-15-18(20)11-6-5-7-12-18/h16-17,19H,2-15H2,1H3. The van der Waals surface area contributed by atoms with E-state index >= 15 is 0 Å². The van der Waals surface area contributed by atoms with Crippen molar-refractivity contribution < 1.29 is 0 Å².